The SMILES string of the molecule is CCCCOc1ccc(OCC(F)Cc2ccc(-c3ccc(C)c(F)c3)c(F)c2F)c(F)c1. The third-order valence-electron chi connectivity index (χ3n) is 5.18. The number of hydrogen-bond acceptors (Lipinski definition) is 2. The van der Waals surface area contributed by atoms with Crippen molar-refractivity contribution in [3.8, 4) is 22.6 Å². The molecule has 33 heavy (non-hydrogen) atoms. The van der Waals surface area contributed by atoms with Crippen LogP contribution in [-0.2, 0) is 6.42 Å². The van der Waals surface area contributed by atoms with Crippen LogP contribution in [0.4, 0.5) is 22.0 Å². The molecule has 1 atom stereocenters. The second-order valence-electron chi connectivity index (χ2n) is 7.77. The van der Waals surface area contributed by atoms with Crippen molar-refractivity contribution in [1.29, 1.82) is 0 Å². The van der Waals surface area contributed by atoms with E-state index >= 15 is 0 Å². The van der Waals surface area contributed by atoms with E-state index in [1.54, 1.807) is 6.92 Å². The fourth-order valence-corrected chi connectivity index (χ4v) is 3.23. The molecule has 0 radical (unpaired) electrons. The first kappa shape index (κ1) is 24.6. The summed E-state index contributed by atoms with van der Waals surface area (Å²) < 4.78 is 82.0. The van der Waals surface area contributed by atoms with Gasteiger partial charge >= 0.3 is 0 Å². The molecule has 0 aliphatic rings. The molecule has 0 spiro atoms. The molecule has 0 aliphatic carbocycles. The minimum atomic E-state index is -1.71. The fourth-order valence-electron chi connectivity index (χ4n) is 3.23. The van der Waals surface area contributed by atoms with E-state index in [0.717, 1.165) is 25.0 Å². The van der Waals surface area contributed by atoms with Crippen LogP contribution in [0.15, 0.2) is 48.5 Å². The lowest BCUT2D eigenvalue weighted by atomic mass is 9.99. The van der Waals surface area contributed by atoms with Gasteiger partial charge in [0.1, 0.15) is 24.3 Å². The first-order chi connectivity index (χ1) is 15.8. The Balaban J connectivity index is 1.63. The normalized spacial score (nSPS) is 12.0. The van der Waals surface area contributed by atoms with Gasteiger partial charge in [-0.15, -0.1) is 0 Å². The maximum Gasteiger partial charge on any atom is 0.168 e. The highest BCUT2D eigenvalue weighted by molar-refractivity contribution is 5.65. The van der Waals surface area contributed by atoms with Crippen molar-refractivity contribution >= 4 is 0 Å². The van der Waals surface area contributed by atoms with Crippen LogP contribution in [0, 0.1) is 30.2 Å². The summed E-state index contributed by atoms with van der Waals surface area (Å²) in [6, 6.07) is 10.6. The van der Waals surface area contributed by atoms with Gasteiger partial charge in [0.2, 0.25) is 0 Å². The van der Waals surface area contributed by atoms with Gasteiger partial charge in [-0.1, -0.05) is 37.6 Å². The Morgan fingerprint density at radius 1 is 0.848 bits per heavy atom. The van der Waals surface area contributed by atoms with E-state index in [1.807, 2.05) is 6.92 Å². The molecule has 0 aliphatic heterocycles. The predicted octanol–water partition coefficient (Wildman–Crippen LogP) is 7.36. The molecule has 3 aromatic carbocycles. The fraction of sp³-hybridized carbons (Fsp3) is 0.308. The number of unbranched alkanes of at least 4 members (excludes halogenated alkanes) is 1. The summed E-state index contributed by atoms with van der Waals surface area (Å²) in [5.41, 5.74) is 0.246. The van der Waals surface area contributed by atoms with Crippen LogP contribution < -0.4 is 9.47 Å². The molecule has 3 aromatic rings. The monoisotopic (exact) mass is 464 g/mol. The van der Waals surface area contributed by atoms with Crippen LogP contribution in [0.2, 0.25) is 0 Å². The van der Waals surface area contributed by atoms with Crippen LogP contribution in [0.1, 0.15) is 30.9 Å². The summed E-state index contributed by atoms with van der Waals surface area (Å²) in [5, 5.41) is 0. The topological polar surface area (TPSA) is 18.5 Å². The molecule has 0 saturated heterocycles. The molecule has 0 amide bonds. The van der Waals surface area contributed by atoms with Crippen LogP contribution >= 0.6 is 0 Å². The number of hydrogen-bond donors (Lipinski definition) is 0. The quantitative estimate of drug-likeness (QED) is 0.231. The summed E-state index contributed by atoms with van der Waals surface area (Å²) in [6.45, 7) is 3.49. The number of halogens is 5. The molecule has 0 saturated carbocycles. The van der Waals surface area contributed by atoms with Crippen molar-refractivity contribution in [2.45, 2.75) is 39.3 Å². The molecular formula is C26H25F5O2. The molecule has 2 nitrogen and oxygen atoms in total. The average Bonchev–Trinajstić information content (AvgIpc) is 2.79. The van der Waals surface area contributed by atoms with E-state index in [-0.39, 0.29) is 22.4 Å². The largest absolute Gasteiger partial charge is 0.493 e. The average molecular weight is 464 g/mol. The van der Waals surface area contributed by atoms with Gasteiger partial charge in [-0.25, -0.2) is 22.0 Å². The number of alkyl halides is 1. The third kappa shape index (κ3) is 6.24. The van der Waals surface area contributed by atoms with Crippen LogP contribution in [0.25, 0.3) is 11.1 Å². The van der Waals surface area contributed by atoms with Gasteiger partial charge in [0.05, 0.1) is 6.61 Å². The molecule has 176 valence electrons. The van der Waals surface area contributed by atoms with Gasteiger partial charge in [-0.05, 0) is 48.2 Å². The second-order valence-corrected chi connectivity index (χ2v) is 7.77. The molecular weight excluding hydrogens is 439 g/mol. The molecule has 0 bridgehead atoms. The highest BCUT2D eigenvalue weighted by Gasteiger charge is 2.19. The Bertz CT molecular complexity index is 1100. The van der Waals surface area contributed by atoms with Crippen molar-refractivity contribution in [2.24, 2.45) is 0 Å². The van der Waals surface area contributed by atoms with E-state index < -0.39 is 42.5 Å². The summed E-state index contributed by atoms with van der Waals surface area (Å²) in [7, 11) is 0. The zero-order valence-corrected chi connectivity index (χ0v) is 18.4. The van der Waals surface area contributed by atoms with E-state index in [2.05, 4.69) is 0 Å². The number of ether oxygens (including phenoxy) is 2. The van der Waals surface area contributed by atoms with E-state index in [4.69, 9.17) is 9.47 Å². The molecule has 0 aromatic heterocycles. The minimum absolute atomic E-state index is 0.120. The van der Waals surface area contributed by atoms with Gasteiger partial charge in [-0.2, -0.15) is 0 Å². The van der Waals surface area contributed by atoms with Crippen molar-refractivity contribution in [2.75, 3.05) is 13.2 Å². The Kier molecular flexibility index (Phi) is 8.31. The smallest absolute Gasteiger partial charge is 0.168 e. The lowest BCUT2D eigenvalue weighted by Gasteiger charge is -2.14. The highest BCUT2D eigenvalue weighted by atomic mass is 19.2. The van der Waals surface area contributed by atoms with E-state index in [9.17, 15) is 22.0 Å². The summed E-state index contributed by atoms with van der Waals surface area (Å²) in [6.07, 6.45) is -0.394. The number of rotatable bonds is 10. The molecule has 1 unspecified atom stereocenters. The Morgan fingerprint density at radius 3 is 2.33 bits per heavy atom. The molecule has 0 fully saturated rings. The van der Waals surface area contributed by atoms with Crippen molar-refractivity contribution < 1.29 is 31.4 Å². The lowest BCUT2D eigenvalue weighted by molar-refractivity contribution is 0.188. The number of aryl methyl sites for hydroxylation is 1. The third-order valence-corrected chi connectivity index (χ3v) is 5.18. The van der Waals surface area contributed by atoms with Crippen molar-refractivity contribution in [3.05, 3.63) is 82.9 Å². The van der Waals surface area contributed by atoms with Crippen molar-refractivity contribution in [1.82, 2.24) is 0 Å². The maximum atomic E-state index is 14.6. The first-order valence-corrected chi connectivity index (χ1v) is 10.7. The minimum Gasteiger partial charge on any atom is -0.493 e. The number of benzene rings is 3. The van der Waals surface area contributed by atoms with Gasteiger partial charge in [0.15, 0.2) is 23.2 Å². The molecule has 7 heteroatoms. The Labute approximate surface area is 190 Å². The van der Waals surface area contributed by atoms with Gasteiger partial charge in [0.25, 0.3) is 0 Å². The van der Waals surface area contributed by atoms with Crippen LogP contribution in [0.5, 0.6) is 11.5 Å². The molecule has 0 heterocycles. The van der Waals surface area contributed by atoms with Crippen LogP contribution in [-0.4, -0.2) is 19.4 Å². The van der Waals surface area contributed by atoms with E-state index in [0.29, 0.717) is 17.9 Å². The van der Waals surface area contributed by atoms with Crippen LogP contribution in [0.3, 0.4) is 0 Å². The summed E-state index contributed by atoms with van der Waals surface area (Å²) >= 11 is 0. The predicted molar refractivity (Wildman–Crippen MR) is 117 cm³/mol. The van der Waals surface area contributed by atoms with Gasteiger partial charge < -0.3 is 9.47 Å². The Hall–Kier alpha value is -3.09. The van der Waals surface area contributed by atoms with Crippen molar-refractivity contribution in [3.63, 3.8) is 0 Å². The van der Waals surface area contributed by atoms with Gasteiger partial charge in [0, 0.05) is 18.1 Å². The standard InChI is InChI=1S/C26H25F5O2/c1-3-4-11-32-20-8-10-24(23(29)14-20)33-15-19(27)12-18-7-9-21(26(31)25(18)30)17-6-5-16(2)22(28)13-17/h5-10,13-14,19H,3-4,11-12,15H2,1-2H3. The maximum absolute atomic E-state index is 14.6. The van der Waals surface area contributed by atoms with Gasteiger partial charge in [-0.3, -0.25) is 0 Å². The zero-order valence-electron chi connectivity index (χ0n) is 18.4. The second kappa shape index (κ2) is 11.2. The first-order valence-electron chi connectivity index (χ1n) is 10.7. The Morgan fingerprint density at radius 2 is 1.64 bits per heavy atom. The highest BCUT2D eigenvalue weighted by Crippen LogP contribution is 2.29. The zero-order chi connectivity index (χ0) is 24.0. The summed E-state index contributed by atoms with van der Waals surface area (Å²) in [4.78, 5) is 0. The summed E-state index contributed by atoms with van der Waals surface area (Å²) in [5.74, 6) is -3.46. The lowest BCUT2D eigenvalue weighted by Crippen LogP contribution is -2.17. The molecule has 0 N–H and O–H groups in total. The van der Waals surface area contributed by atoms with E-state index in [1.165, 1.54) is 36.4 Å². The molecule has 3 rings (SSSR count).